The van der Waals surface area contributed by atoms with Gasteiger partial charge in [0.2, 0.25) is 6.54 Å². The summed E-state index contributed by atoms with van der Waals surface area (Å²) in [6, 6.07) is 12.8. The second-order valence-corrected chi connectivity index (χ2v) is 11.7. The van der Waals surface area contributed by atoms with Crippen molar-refractivity contribution in [1.29, 1.82) is 0 Å². The molecule has 0 bridgehead atoms. The van der Waals surface area contributed by atoms with E-state index in [0.29, 0.717) is 50.6 Å². The molecule has 224 valence electrons. The number of benzene rings is 2. The van der Waals surface area contributed by atoms with E-state index in [1.807, 2.05) is 0 Å². The number of rotatable bonds is 7. The number of fused-ring (bicyclic) bond motifs is 2. The Labute approximate surface area is 251 Å². The van der Waals surface area contributed by atoms with Crippen LogP contribution < -0.4 is 9.64 Å². The van der Waals surface area contributed by atoms with Gasteiger partial charge in [-0.05, 0) is 55.3 Å². The van der Waals surface area contributed by atoms with Gasteiger partial charge in [0.15, 0.2) is 5.83 Å². The molecule has 0 saturated carbocycles. The predicted molar refractivity (Wildman–Crippen MR) is 163 cm³/mol. The lowest BCUT2D eigenvalue weighted by atomic mass is 9.92. The first-order valence-corrected chi connectivity index (χ1v) is 14.9. The molecule has 1 amide bonds. The van der Waals surface area contributed by atoms with Crippen molar-refractivity contribution in [3.05, 3.63) is 82.6 Å². The molecule has 0 spiro atoms. The maximum atomic E-state index is 13.8. The molecule has 3 atom stereocenters. The number of nitrogens with zero attached hydrogens (tertiary/aromatic N) is 6. The highest BCUT2D eigenvalue weighted by Crippen LogP contribution is 2.38. The molecule has 0 aliphatic carbocycles. The molecule has 2 saturated heterocycles. The van der Waals surface area contributed by atoms with E-state index in [0.717, 1.165) is 36.2 Å². The van der Waals surface area contributed by atoms with Gasteiger partial charge in [-0.2, -0.15) is 9.97 Å². The summed E-state index contributed by atoms with van der Waals surface area (Å²) in [6.07, 6.45) is 2.58. The summed E-state index contributed by atoms with van der Waals surface area (Å²) in [7, 11) is 2.11. The number of hydrogen-bond acceptors (Lipinski definition) is 7. The van der Waals surface area contributed by atoms with Crippen molar-refractivity contribution < 1.29 is 18.7 Å². The lowest BCUT2D eigenvalue weighted by molar-refractivity contribution is -0.131. The number of carbonyl (C=O) groups excluding carboxylic acids is 1. The summed E-state index contributed by atoms with van der Waals surface area (Å²) in [5, 5.41) is 2.37. The fourth-order valence-electron chi connectivity index (χ4n) is 6.68. The van der Waals surface area contributed by atoms with Gasteiger partial charge in [-0.3, -0.25) is 4.79 Å². The van der Waals surface area contributed by atoms with Crippen LogP contribution in [-0.2, 0) is 22.6 Å². The van der Waals surface area contributed by atoms with Crippen molar-refractivity contribution in [3.8, 4) is 6.01 Å². The second kappa shape index (κ2) is 12.3. The summed E-state index contributed by atoms with van der Waals surface area (Å²) in [5.74, 6) is -1.09. The molecule has 3 aliphatic rings. The molecule has 1 aromatic heterocycles. The number of aryl methyl sites for hydroxylation is 1. The number of ether oxygens (including phenoxy) is 2. The Morgan fingerprint density at radius 3 is 2.74 bits per heavy atom. The monoisotopic (exact) mass is 584 g/mol. The number of piperazine rings is 1. The molecular formula is C33H37FN6O3. The zero-order valence-electron chi connectivity index (χ0n) is 24.8. The van der Waals surface area contributed by atoms with Crippen LogP contribution in [0.15, 0.2) is 48.8 Å². The lowest BCUT2D eigenvalue weighted by Gasteiger charge is -2.40. The zero-order chi connectivity index (χ0) is 30.1. The maximum absolute atomic E-state index is 13.8. The number of likely N-dealkylation sites (tertiary alicyclic amines) is 1. The Kier molecular flexibility index (Phi) is 8.28. The molecule has 0 unspecified atom stereocenters. The molecule has 0 N–H and O–H groups in total. The molecule has 3 aliphatic heterocycles. The van der Waals surface area contributed by atoms with Crippen LogP contribution in [0.1, 0.15) is 41.3 Å². The van der Waals surface area contributed by atoms with Gasteiger partial charge in [0, 0.05) is 37.7 Å². The molecule has 6 rings (SSSR count). The van der Waals surface area contributed by atoms with Crippen molar-refractivity contribution in [2.45, 2.75) is 51.0 Å². The van der Waals surface area contributed by atoms with Crippen LogP contribution >= 0.6 is 0 Å². The highest BCUT2D eigenvalue weighted by atomic mass is 19.1. The van der Waals surface area contributed by atoms with E-state index in [4.69, 9.17) is 26.0 Å². The molecular weight excluding hydrogens is 547 g/mol. The number of amides is 1. The van der Waals surface area contributed by atoms with E-state index >= 15 is 0 Å². The van der Waals surface area contributed by atoms with Gasteiger partial charge >= 0.3 is 6.01 Å². The van der Waals surface area contributed by atoms with Gasteiger partial charge in [0.1, 0.15) is 18.5 Å². The minimum absolute atomic E-state index is 0.0547. The van der Waals surface area contributed by atoms with Gasteiger partial charge in [0.05, 0.1) is 18.4 Å². The summed E-state index contributed by atoms with van der Waals surface area (Å²) >= 11 is 0. The molecule has 10 heteroatoms. The van der Waals surface area contributed by atoms with Crippen LogP contribution in [0.5, 0.6) is 6.01 Å². The molecule has 2 fully saturated rings. The Hall–Kier alpha value is -4.07. The summed E-state index contributed by atoms with van der Waals surface area (Å²) in [6.45, 7) is 15.7. The Morgan fingerprint density at radius 1 is 1.19 bits per heavy atom. The normalized spacial score (nSPS) is 22.3. The Balaban J connectivity index is 1.34. The van der Waals surface area contributed by atoms with Crippen molar-refractivity contribution in [2.24, 2.45) is 0 Å². The number of aromatic nitrogens is 2. The number of hydrogen-bond donors (Lipinski definition) is 0. The average Bonchev–Trinajstić information content (AvgIpc) is 3.43. The SMILES string of the molecule is [C-]#[N+]C[C@H]1CN(c2nc(OC[C@@H]3CCCN3C)nc3c2CO[C@@H](c2cccc4cccc(C)c24)C3)CCN1C(=O)C(=C)F. The van der Waals surface area contributed by atoms with Crippen LogP contribution in [0.4, 0.5) is 10.2 Å². The van der Waals surface area contributed by atoms with Gasteiger partial charge in [0.25, 0.3) is 5.91 Å². The third-order valence-electron chi connectivity index (χ3n) is 9.00. The van der Waals surface area contributed by atoms with E-state index in [-0.39, 0.29) is 19.2 Å². The van der Waals surface area contributed by atoms with Crippen LogP contribution in [0.3, 0.4) is 0 Å². The highest BCUT2D eigenvalue weighted by molar-refractivity contribution is 5.91. The van der Waals surface area contributed by atoms with Crippen molar-refractivity contribution >= 4 is 22.5 Å². The molecule has 3 aromatic rings. The predicted octanol–water partition coefficient (Wildman–Crippen LogP) is 4.64. The standard InChI is InChI=1S/C33H37FN6O3/c1-21-8-5-9-23-10-6-12-26(30(21)23)29-16-28-27(20-42-29)31(37-33(36-28)43-19-24-11-7-13-38(24)4)39-14-15-40(32(41)22(2)34)25(18-39)17-35-3/h5-6,8-10,12,24-25,29H,2,7,11,13-20H2,1,4H3/t24-,25-,29+/m0/s1. The van der Waals surface area contributed by atoms with Crippen LogP contribution in [0.2, 0.25) is 0 Å². The quantitative estimate of drug-likeness (QED) is 0.296. The summed E-state index contributed by atoms with van der Waals surface area (Å²) < 4.78 is 26.6. The molecule has 0 radical (unpaired) electrons. The molecule has 43 heavy (non-hydrogen) atoms. The first-order chi connectivity index (χ1) is 20.8. The smallest absolute Gasteiger partial charge is 0.318 e. The second-order valence-electron chi connectivity index (χ2n) is 11.7. The maximum Gasteiger partial charge on any atom is 0.318 e. The fraction of sp³-hybridized carbons (Fsp3) is 0.455. The van der Waals surface area contributed by atoms with E-state index in [1.165, 1.54) is 21.2 Å². The van der Waals surface area contributed by atoms with Crippen LogP contribution in [-0.4, -0.2) is 84.1 Å². The third-order valence-corrected chi connectivity index (χ3v) is 9.00. The van der Waals surface area contributed by atoms with Crippen LogP contribution in [0.25, 0.3) is 15.6 Å². The van der Waals surface area contributed by atoms with Crippen LogP contribution in [0, 0.1) is 13.5 Å². The van der Waals surface area contributed by atoms with E-state index in [2.05, 4.69) is 71.6 Å². The minimum atomic E-state index is -1.02. The van der Waals surface area contributed by atoms with Gasteiger partial charge in [-0.1, -0.05) is 43.0 Å². The van der Waals surface area contributed by atoms with Crippen molar-refractivity contribution in [3.63, 3.8) is 0 Å². The van der Waals surface area contributed by atoms with Gasteiger partial charge < -0.3 is 29.0 Å². The van der Waals surface area contributed by atoms with Gasteiger partial charge in [-0.25, -0.2) is 11.0 Å². The van der Waals surface area contributed by atoms with E-state index < -0.39 is 17.8 Å². The van der Waals surface area contributed by atoms with Crippen molar-refractivity contribution in [2.75, 3.05) is 51.3 Å². The van der Waals surface area contributed by atoms with E-state index in [1.54, 1.807) is 0 Å². The number of halogens is 1. The molecule has 2 aromatic carbocycles. The molecule has 9 nitrogen and oxygen atoms in total. The largest absolute Gasteiger partial charge is 0.462 e. The first kappa shape index (κ1) is 29.0. The first-order valence-electron chi connectivity index (χ1n) is 14.9. The molecule has 4 heterocycles. The zero-order valence-corrected chi connectivity index (χ0v) is 24.8. The number of likely N-dealkylation sites (N-methyl/N-ethyl adjacent to an activating group) is 1. The highest BCUT2D eigenvalue weighted by Gasteiger charge is 2.37. The van der Waals surface area contributed by atoms with Gasteiger partial charge in [-0.15, -0.1) is 0 Å². The average molecular weight is 585 g/mol. The number of anilines is 1. The minimum Gasteiger partial charge on any atom is -0.462 e. The summed E-state index contributed by atoms with van der Waals surface area (Å²) in [4.78, 5) is 31.6. The van der Waals surface area contributed by atoms with Crippen molar-refractivity contribution in [1.82, 2.24) is 19.8 Å². The Morgan fingerprint density at radius 2 is 2.00 bits per heavy atom. The van der Waals surface area contributed by atoms with E-state index in [9.17, 15) is 9.18 Å². The fourth-order valence-corrected chi connectivity index (χ4v) is 6.68. The number of carbonyl (C=O) groups is 1. The lowest BCUT2D eigenvalue weighted by Crippen LogP contribution is -2.57. The Bertz CT molecular complexity index is 1580. The summed E-state index contributed by atoms with van der Waals surface area (Å²) in [5.41, 5.74) is 4.09. The third kappa shape index (κ3) is 5.79. The topological polar surface area (TPSA) is 75.4 Å².